The summed E-state index contributed by atoms with van der Waals surface area (Å²) in [5, 5.41) is 13.9. The maximum atomic E-state index is 13.0. The monoisotopic (exact) mass is 1030 g/mol. The van der Waals surface area contributed by atoms with E-state index in [-0.39, 0.29) is 12.5 Å². The Hall–Kier alpha value is -1.80. The molecule has 2 N–H and O–H groups in total. The molecule has 0 aliphatic heterocycles. The number of phosphoric ester groups is 1. The summed E-state index contributed by atoms with van der Waals surface area (Å²) in [7, 11) is 1.24. The summed E-state index contributed by atoms with van der Waals surface area (Å²) in [6, 6.07) is -0.908. The van der Waals surface area contributed by atoms with Crippen molar-refractivity contribution < 1.29 is 32.9 Å². The highest BCUT2D eigenvalue weighted by atomic mass is 31.2. The van der Waals surface area contributed by atoms with E-state index in [1.165, 1.54) is 212 Å². The lowest BCUT2D eigenvalue weighted by molar-refractivity contribution is -0.870. The molecule has 0 spiro atoms. The van der Waals surface area contributed by atoms with E-state index >= 15 is 0 Å². The third-order valence-corrected chi connectivity index (χ3v) is 14.7. The second kappa shape index (κ2) is 54.0. The molecule has 0 aliphatic carbocycles. The van der Waals surface area contributed by atoms with E-state index in [9.17, 15) is 19.4 Å². The summed E-state index contributed by atoms with van der Waals surface area (Å²) >= 11 is 0. The highest BCUT2D eigenvalue weighted by Crippen LogP contribution is 2.38. The van der Waals surface area contributed by atoms with Gasteiger partial charge < -0.3 is 28.8 Å². The molecule has 0 bridgehead atoms. The van der Waals surface area contributed by atoms with Crippen LogP contribution < -0.4 is 10.2 Å². The van der Waals surface area contributed by atoms with Crippen molar-refractivity contribution in [1.29, 1.82) is 0 Å². The van der Waals surface area contributed by atoms with Crippen LogP contribution in [0.3, 0.4) is 0 Å². The summed E-state index contributed by atoms with van der Waals surface area (Å²) in [6.45, 7) is 4.64. The Labute approximate surface area is 447 Å². The second-order valence-electron chi connectivity index (χ2n) is 22.0. The van der Waals surface area contributed by atoms with Crippen LogP contribution in [-0.2, 0) is 18.4 Å². The van der Waals surface area contributed by atoms with Crippen molar-refractivity contribution in [3.05, 3.63) is 60.8 Å². The molecule has 0 saturated heterocycles. The fraction of sp³-hybridized carbons (Fsp3) is 0.825. The van der Waals surface area contributed by atoms with Crippen molar-refractivity contribution in [2.24, 2.45) is 0 Å². The molecule has 0 aromatic heterocycles. The Bertz CT molecular complexity index is 1360. The third kappa shape index (κ3) is 55.9. The topological polar surface area (TPSA) is 108 Å². The van der Waals surface area contributed by atoms with Gasteiger partial charge in [-0.15, -0.1) is 0 Å². The standard InChI is InChI=1S/C63H119N2O6P/c1-6-8-10-12-14-16-18-20-22-24-26-28-30-31-32-33-35-37-39-41-43-45-47-49-51-53-55-57-63(67)64-61(60-71-72(68,69)70-59-58-65(3,4)5)62(66)56-54-52-50-48-46-44-42-40-38-36-34-29-27-25-23-21-19-17-15-13-11-9-7-2/h18,20,24,26,30-31,46,48,54,56,61-62,66H,6-17,19,21-23,25,27-29,32-45,47,49-53,55,57-60H2,1-5H3,(H-,64,67,68,69)/b20-18-,26-24-,31-30-,48-46+,56-54+. The molecular weight excluding hydrogens is 912 g/mol. The number of phosphoric acid groups is 1. The van der Waals surface area contributed by atoms with E-state index in [0.29, 0.717) is 17.4 Å². The molecular formula is C63H119N2O6P. The van der Waals surface area contributed by atoms with Gasteiger partial charge in [0.25, 0.3) is 7.82 Å². The summed E-state index contributed by atoms with van der Waals surface area (Å²) in [5.41, 5.74) is 0. The fourth-order valence-electron chi connectivity index (χ4n) is 8.88. The Morgan fingerprint density at radius 1 is 0.486 bits per heavy atom. The largest absolute Gasteiger partial charge is 0.756 e. The highest BCUT2D eigenvalue weighted by molar-refractivity contribution is 7.45. The van der Waals surface area contributed by atoms with Crippen LogP contribution in [-0.4, -0.2) is 68.5 Å². The normalized spacial score (nSPS) is 14.3. The van der Waals surface area contributed by atoms with Gasteiger partial charge in [0.1, 0.15) is 13.2 Å². The van der Waals surface area contributed by atoms with E-state index in [2.05, 4.69) is 67.8 Å². The van der Waals surface area contributed by atoms with Crippen LogP contribution in [0, 0.1) is 0 Å². The number of rotatable bonds is 56. The smallest absolute Gasteiger partial charge is 0.268 e. The molecule has 3 atom stereocenters. The van der Waals surface area contributed by atoms with Crippen molar-refractivity contribution in [2.45, 2.75) is 296 Å². The molecule has 0 heterocycles. The van der Waals surface area contributed by atoms with Gasteiger partial charge in [0.15, 0.2) is 0 Å². The number of unbranched alkanes of at least 4 members (excludes halogenated alkanes) is 35. The first-order valence-electron chi connectivity index (χ1n) is 30.7. The highest BCUT2D eigenvalue weighted by Gasteiger charge is 2.23. The molecule has 72 heavy (non-hydrogen) atoms. The summed E-state index contributed by atoms with van der Waals surface area (Å²) < 4.78 is 23.4. The minimum absolute atomic E-state index is 0.00794. The number of amides is 1. The Balaban J connectivity index is 4.22. The number of nitrogens with zero attached hydrogens (tertiary/aromatic N) is 1. The van der Waals surface area contributed by atoms with E-state index in [1.54, 1.807) is 6.08 Å². The molecule has 0 rings (SSSR count). The van der Waals surface area contributed by atoms with Crippen molar-refractivity contribution in [1.82, 2.24) is 5.32 Å². The van der Waals surface area contributed by atoms with Gasteiger partial charge >= 0.3 is 0 Å². The van der Waals surface area contributed by atoms with Crippen molar-refractivity contribution in [3.63, 3.8) is 0 Å². The van der Waals surface area contributed by atoms with Crippen LogP contribution in [0.15, 0.2) is 60.8 Å². The van der Waals surface area contributed by atoms with Crippen LogP contribution in [0.2, 0.25) is 0 Å². The van der Waals surface area contributed by atoms with Gasteiger partial charge in [-0.1, -0.05) is 267 Å². The molecule has 9 heteroatoms. The number of hydrogen-bond acceptors (Lipinski definition) is 6. The van der Waals surface area contributed by atoms with Crippen LogP contribution in [0.5, 0.6) is 0 Å². The first-order valence-corrected chi connectivity index (χ1v) is 32.1. The quantitative estimate of drug-likeness (QED) is 0.0272. The zero-order chi connectivity index (χ0) is 52.7. The van der Waals surface area contributed by atoms with E-state index in [4.69, 9.17) is 9.05 Å². The number of allylic oxidation sites excluding steroid dienone is 9. The van der Waals surface area contributed by atoms with Gasteiger partial charge in [-0.3, -0.25) is 9.36 Å². The Morgan fingerprint density at radius 3 is 1.22 bits per heavy atom. The maximum Gasteiger partial charge on any atom is 0.268 e. The first kappa shape index (κ1) is 70.2. The predicted octanol–water partition coefficient (Wildman–Crippen LogP) is 18.2. The minimum atomic E-state index is -4.61. The van der Waals surface area contributed by atoms with Crippen molar-refractivity contribution in [2.75, 3.05) is 40.9 Å². The minimum Gasteiger partial charge on any atom is -0.756 e. The van der Waals surface area contributed by atoms with E-state index in [1.807, 2.05) is 27.2 Å². The SMILES string of the molecule is CCCCCCC/C=C\C/C=C\C/C=C\CCCCCCCCCCCCCCC(=O)NC(COP(=O)([O-])OCC[N+](C)(C)C)C(O)/C=C/CC/C=C/CCCCCCCCCCCCCCCCCCC. The molecule has 0 aromatic rings. The molecule has 0 aliphatic rings. The lowest BCUT2D eigenvalue weighted by Crippen LogP contribution is -2.45. The van der Waals surface area contributed by atoms with E-state index < -0.39 is 26.6 Å². The van der Waals surface area contributed by atoms with Crippen LogP contribution in [0.1, 0.15) is 284 Å². The zero-order valence-electron chi connectivity index (χ0n) is 48.1. The van der Waals surface area contributed by atoms with Gasteiger partial charge in [0.05, 0.1) is 39.9 Å². The van der Waals surface area contributed by atoms with Gasteiger partial charge in [-0.2, -0.15) is 0 Å². The number of hydrogen-bond donors (Lipinski definition) is 2. The maximum absolute atomic E-state index is 13.0. The summed E-state index contributed by atoms with van der Waals surface area (Å²) in [4.78, 5) is 25.5. The van der Waals surface area contributed by atoms with Gasteiger partial charge in [-0.25, -0.2) is 0 Å². The number of likely N-dealkylation sites (N-methyl/N-ethyl adjacent to an activating group) is 1. The van der Waals surface area contributed by atoms with Crippen LogP contribution in [0.25, 0.3) is 0 Å². The molecule has 0 saturated carbocycles. The lowest BCUT2D eigenvalue weighted by Gasteiger charge is -2.29. The number of aliphatic hydroxyl groups excluding tert-OH is 1. The van der Waals surface area contributed by atoms with Crippen LogP contribution >= 0.6 is 7.82 Å². The predicted molar refractivity (Wildman–Crippen MR) is 311 cm³/mol. The lowest BCUT2D eigenvalue weighted by atomic mass is 10.0. The average molecular weight is 1030 g/mol. The molecule has 3 unspecified atom stereocenters. The number of carbonyl (C=O) groups excluding carboxylic acids is 1. The molecule has 1 amide bonds. The summed E-state index contributed by atoms with van der Waals surface area (Å²) in [5.74, 6) is -0.208. The van der Waals surface area contributed by atoms with Crippen LogP contribution in [0.4, 0.5) is 0 Å². The molecule has 422 valence electrons. The zero-order valence-corrected chi connectivity index (χ0v) is 49.0. The number of aliphatic hydroxyl groups is 1. The molecule has 0 radical (unpaired) electrons. The van der Waals surface area contributed by atoms with E-state index in [0.717, 1.165) is 51.4 Å². The number of nitrogens with one attached hydrogen (secondary N) is 1. The second-order valence-corrected chi connectivity index (χ2v) is 23.5. The third-order valence-electron chi connectivity index (χ3n) is 13.7. The van der Waals surface area contributed by atoms with Gasteiger partial charge in [-0.05, 0) is 70.6 Å². The van der Waals surface area contributed by atoms with Gasteiger partial charge in [0.2, 0.25) is 5.91 Å². The van der Waals surface area contributed by atoms with Crippen molar-refractivity contribution in [3.8, 4) is 0 Å². The molecule has 0 fully saturated rings. The Morgan fingerprint density at radius 2 is 0.819 bits per heavy atom. The Kier molecular flexibility index (Phi) is 52.7. The van der Waals surface area contributed by atoms with Crippen molar-refractivity contribution >= 4 is 13.7 Å². The van der Waals surface area contributed by atoms with Gasteiger partial charge in [0, 0.05) is 6.42 Å². The molecule has 8 nitrogen and oxygen atoms in total. The number of quaternary nitrogens is 1. The number of carbonyl (C=O) groups is 1. The molecule has 0 aromatic carbocycles. The summed E-state index contributed by atoms with van der Waals surface area (Å²) in [6.07, 6.45) is 73.1. The fourth-order valence-corrected chi connectivity index (χ4v) is 9.61. The average Bonchev–Trinajstić information content (AvgIpc) is 3.34. The first-order chi connectivity index (χ1) is 35.0.